The van der Waals surface area contributed by atoms with Crippen molar-refractivity contribution in [1.29, 1.82) is 10.5 Å². The molecule has 1 spiro atoms. The van der Waals surface area contributed by atoms with Crippen LogP contribution in [0.1, 0.15) is 204 Å². The Bertz CT molecular complexity index is 4040. The van der Waals surface area contributed by atoms with Crippen molar-refractivity contribution in [3.63, 3.8) is 0 Å². The van der Waals surface area contributed by atoms with Crippen molar-refractivity contribution >= 4 is 32.9 Å². The predicted octanol–water partition coefficient (Wildman–Crippen LogP) is 16.4. The molecule has 9 aliphatic carbocycles. The van der Waals surface area contributed by atoms with E-state index in [4.69, 9.17) is 0 Å². The highest BCUT2D eigenvalue weighted by molar-refractivity contribution is 6.14. The number of hydrogen-bond donors (Lipinski definition) is 0. The molecule has 0 N–H and O–H groups in total. The summed E-state index contributed by atoms with van der Waals surface area (Å²) < 4.78 is 2.68. The minimum atomic E-state index is -0.660. The fourth-order valence-electron chi connectivity index (χ4n) is 18.9. The maximum Gasteiger partial charge on any atom is 0.0999 e. The molecular weight excluding hydrogens is 883 g/mol. The first-order valence-corrected chi connectivity index (χ1v) is 27.8. The number of nitrogens with zero attached hydrogens (tertiary/aromatic N) is 3. The van der Waals surface area contributed by atoms with E-state index in [0.717, 1.165) is 34.0 Å². The van der Waals surface area contributed by atoms with Gasteiger partial charge in [-0.2, -0.15) is 10.5 Å². The third-order valence-corrected chi connectivity index (χ3v) is 23.1. The highest BCUT2D eigenvalue weighted by Crippen LogP contribution is 2.74. The van der Waals surface area contributed by atoms with Gasteiger partial charge < -0.3 is 4.40 Å². The molecule has 4 atom stereocenters. The average molecular weight is 948 g/mol. The van der Waals surface area contributed by atoms with Crippen LogP contribution in [0.25, 0.3) is 55.1 Å². The summed E-state index contributed by atoms with van der Waals surface area (Å²) in [4.78, 5) is 0. The maximum atomic E-state index is 11.8. The fraction of sp³-hybridized carbons (Fsp3) is 0.400. The number of rotatable bonds is 0. The summed E-state index contributed by atoms with van der Waals surface area (Å²) in [6.07, 6.45) is 6.22. The minimum absolute atomic E-state index is 0.0240. The van der Waals surface area contributed by atoms with Gasteiger partial charge in [-0.3, -0.25) is 0 Å². The topological polar surface area (TPSA) is 52.0 Å². The molecule has 0 saturated heterocycles. The van der Waals surface area contributed by atoms with Gasteiger partial charge in [0.1, 0.15) is 0 Å². The Hall–Kier alpha value is -6.42. The van der Waals surface area contributed by atoms with Crippen LogP contribution in [0.15, 0.2) is 97.1 Å². The lowest BCUT2D eigenvalue weighted by atomic mass is 9.40. The number of benzene rings is 6. The highest BCUT2D eigenvalue weighted by atomic mass is 14.9. The van der Waals surface area contributed by atoms with Gasteiger partial charge in [0.15, 0.2) is 0 Å². The van der Waals surface area contributed by atoms with Gasteiger partial charge in [-0.05, 0) is 178 Å². The molecule has 3 heteroatoms. The molecule has 2 saturated carbocycles. The molecular formula is C70H65N3. The van der Waals surface area contributed by atoms with Crippen molar-refractivity contribution in [2.24, 2.45) is 22.7 Å². The monoisotopic (exact) mass is 948 g/mol. The summed E-state index contributed by atoms with van der Waals surface area (Å²) in [6.45, 7) is 28.0. The molecule has 2 fully saturated rings. The fourth-order valence-corrected chi connectivity index (χ4v) is 18.9. The van der Waals surface area contributed by atoms with E-state index in [9.17, 15) is 10.5 Å². The van der Waals surface area contributed by atoms with Gasteiger partial charge in [0, 0.05) is 33.4 Å². The zero-order valence-electron chi connectivity index (χ0n) is 44.6. The minimum Gasteiger partial charge on any atom is -0.308 e. The van der Waals surface area contributed by atoms with Crippen LogP contribution in [0, 0.1) is 45.3 Å². The Morgan fingerprint density at radius 1 is 0.534 bits per heavy atom. The average Bonchev–Trinajstić information content (AvgIpc) is 4.05. The summed E-state index contributed by atoms with van der Waals surface area (Å²) in [6, 6.07) is 43.2. The van der Waals surface area contributed by atoms with Crippen LogP contribution < -0.4 is 5.22 Å². The normalized spacial score (nSPS) is 26.5. The zero-order chi connectivity index (χ0) is 50.2. The summed E-state index contributed by atoms with van der Waals surface area (Å²) in [5, 5.41) is 27.6. The standard InChI is InChI=1S/C70H65N3/c1-65(2,3)41-31-48-55-49(32-41)67(6,7)69(10,11)62-58(55)61(68(8,9)66(48,4)5)59-56-50(29-39(33-71)52-37-25-35-24-36(26-37)28-38(27-35)54(52)56)73-51-30-40(34-72)53-44-20-14-17-23-47(44)70(63(53)57(51)60(62)64(59)73)45-21-15-12-18-42(45)43-19-13-16-22-46(43)70/h12-23,29-32,35-38,58,62H,24-28H2,1-11H3. The zero-order valence-corrected chi connectivity index (χ0v) is 44.6. The third-order valence-electron chi connectivity index (χ3n) is 23.1. The molecule has 73 heavy (non-hydrogen) atoms. The number of aromatic nitrogens is 1. The van der Waals surface area contributed by atoms with Crippen molar-refractivity contribution < 1.29 is 0 Å². The molecule has 0 radical (unpaired) electrons. The molecule has 360 valence electrons. The largest absolute Gasteiger partial charge is 0.308 e. The van der Waals surface area contributed by atoms with Gasteiger partial charge in [-0.1, -0.05) is 161 Å². The second-order valence-electron chi connectivity index (χ2n) is 27.8. The first kappa shape index (κ1) is 43.0. The van der Waals surface area contributed by atoms with Crippen LogP contribution in [-0.2, 0) is 21.7 Å². The number of hydrogen-bond acceptors (Lipinski definition) is 2. The Morgan fingerprint density at radius 3 is 1.64 bits per heavy atom. The quantitative estimate of drug-likeness (QED) is 0.152. The molecule has 0 amide bonds. The van der Waals surface area contributed by atoms with E-state index in [0.29, 0.717) is 11.8 Å². The van der Waals surface area contributed by atoms with Crippen LogP contribution in [0.4, 0.5) is 0 Å². The van der Waals surface area contributed by atoms with Crippen molar-refractivity contribution in [2.45, 2.75) is 154 Å². The summed E-state index contributed by atoms with van der Waals surface area (Å²) in [7, 11) is 0. The van der Waals surface area contributed by atoms with E-state index in [1.54, 1.807) is 11.1 Å². The van der Waals surface area contributed by atoms with Gasteiger partial charge in [-0.15, -0.1) is 0 Å². The van der Waals surface area contributed by atoms with Crippen molar-refractivity contribution in [3.05, 3.63) is 175 Å². The van der Waals surface area contributed by atoms with Gasteiger partial charge >= 0.3 is 0 Å². The van der Waals surface area contributed by atoms with Gasteiger partial charge in [0.05, 0.1) is 45.2 Å². The molecule has 2 heterocycles. The molecule has 4 unspecified atom stereocenters. The highest BCUT2D eigenvalue weighted by Gasteiger charge is 2.65. The van der Waals surface area contributed by atoms with Crippen LogP contribution in [-0.4, -0.2) is 4.40 Å². The van der Waals surface area contributed by atoms with E-state index >= 15 is 0 Å². The van der Waals surface area contributed by atoms with Gasteiger partial charge in [-0.25, -0.2) is 0 Å². The number of fused-ring (bicyclic) bond motifs is 18. The van der Waals surface area contributed by atoms with Crippen LogP contribution in [0.3, 0.4) is 0 Å². The second-order valence-corrected chi connectivity index (χ2v) is 27.8. The predicted molar refractivity (Wildman–Crippen MR) is 297 cm³/mol. The molecule has 4 bridgehead atoms. The van der Waals surface area contributed by atoms with Crippen molar-refractivity contribution in [1.82, 2.24) is 4.40 Å². The van der Waals surface area contributed by atoms with E-state index in [1.807, 2.05) is 0 Å². The van der Waals surface area contributed by atoms with E-state index in [2.05, 4.69) is 190 Å². The Labute approximate surface area is 430 Å². The smallest absolute Gasteiger partial charge is 0.0999 e. The lowest BCUT2D eigenvalue weighted by Crippen LogP contribution is -2.56. The SMILES string of the molecule is CC(C)(C)c1cc2c3c(c1)C(C)(C)C(C)(C)C1c4c5c6c(c(C#N)cc5n5c4c(c4c7c(c(C#N)cc45)C4CC5CC(C4)CC7C5)=C(C31)C(C)(C)C2(C)C)-c1ccccc1C61c2ccccc2-c2ccccc21. The first-order chi connectivity index (χ1) is 34.8. The van der Waals surface area contributed by atoms with Crippen LogP contribution in [0.5, 0.6) is 0 Å². The lowest BCUT2D eigenvalue weighted by Gasteiger charge is -2.63. The Balaban J connectivity index is 1.21. The van der Waals surface area contributed by atoms with Gasteiger partial charge in [0.25, 0.3) is 0 Å². The van der Waals surface area contributed by atoms with Crippen molar-refractivity contribution in [2.75, 3.05) is 0 Å². The number of nitriles is 2. The second kappa shape index (κ2) is 12.9. The van der Waals surface area contributed by atoms with Crippen LogP contribution in [0.2, 0.25) is 0 Å². The molecule has 0 aliphatic heterocycles. The molecule has 9 aliphatic rings. The molecule has 3 nitrogen and oxygen atoms in total. The molecule has 6 aromatic carbocycles. The van der Waals surface area contributed by atoms with E-state index < -0.39 is 5.41 Å². The lowest BCUT2D eigenvalue weighted by molar-refractivity contribution is 0.109. The van der Waals surface area contributed by atoms with E-state index in [-0.39, 0.29) is 38.9 Å². The summed E-state index contributed by atoms with van der Waals surface area (Å²) in [5.74, 6) is 2.51. The summed E-state index contributed by atoms with van der Waals surface area (Å²) in [5.41, 5.74) is 25.7. The molecule has 8 aromatic rings. The Kier molecular flexibility index (Phi) is 7.61. The molecule has 2 aromatic heterocycles. The summed E-state index contributed by atoms with van der Waals surface area (Å²) >= 11 is 0. The van der Waals surface area contributed by atoms with Crippen LogP contribution >= 0.6 is 0 Å². The molecule has 17 rings (SSSR count). The van der Waals surface area contributed by atoms with Gasteiger partial charge in [0.2, 0.25) is 0 Å². The van der Waals surface area contributed by atoms with Crippen molar-refractivity contribution in [3.8, 4) is 34.4 Å². The van der Waals surface area contributed by atoms with E-state index in [1.165, 1.54) is 131 Å². The first-order valence-electron chi connectivity index (χ1n) is 27.8. The Morgan fingerprint density at radius 2 is 1.05 bits per heavy atom. The maximum absolute atomic E-state index is 11.8. The third kappa shape index (κ3) is 4.51.